The zero-order chi connectivity index (χ0) is 17.4. The third kappa shape index (κ3) is 2.68. The summed E-state index contributed by atoms with van der Waals surface area (Å²) >= 11 is 1.61. The summed E-state index contributed by atoms with van der Waals surface area (Å²) in [4.78, 5) is 32.6. The second-order valence-electron chi connectivity index (χ2n) is 5.86. The molecule has 25 heavy (non-hydrogen) atoms. The third-order valence-electron chi connectivity index (χ3n) is 4.47. The lowest BCUT2D eigenvalue weighted by Crippen LogP contribution is -2.43. The van der Waals surface area contributed by atoms with Crippen LogP contribution in [0.2, 0.25) is 0 Å². The number of rotatable bonds is 2. The van der Waals surface area contributed by atoms with E-state index in [2.05, 4.69) is 4.98 Å². The van der Waals surface area contributed by atoms with Crippen LogP contribution in [0.5, 0.6) is 0 Å². The molecule has 1 amide bonds. The van der Waals surface area contributed by atoms with Crippen LogP contribution >= 0.6 is 11.3 Å². The Balaban J connectivity index is 1.73. The molecule has 2 aromatic heterocycles. The molecule has 0 spiro atoms. The number of hydrogen-bond donors (Lipinski definition) is 0. The van der Waals surface area contributed by atoms with Crippen molar-refractivity contribution >= 4 is 34.1 Å². The van der Waals surface area contributed by atoms with Crippen molar-refractivity contribution in [3.63, 3.8) is 0 Å². The van der Waals surface area contributed by atoms with Crippen molar-refractivity contribution in [2.75, 3.05) is 13.7 Å². The minimum absolute atomic E-state index is 0.252. The fourth-order valence-electron chi connectivity index (χ4n) is 3.23. The highest BCUT2D eigenvalue weighted by Gasteiger charge is 2.38. The van der Waals surface area contributed by atoms with Crippen LogP contribution in [0, 0.1) is 0 Å². The second-order valence-corrected chi connectivity index (χ2v) is 6.86. The third-order valence-corrected chi connectivity index (χ3v) is 5.47. The molecule has 1 unspecified atom stereocenters. The minimum atomic E-state index is -0.708. The van der Waals surface area contributed by atoms with E-state index >= 15 is 0 Å². The van der Waals surface area contributed by atoms with Crippen molar-refractivity contribution in [1.29, 1.82) is 0 Å². The maximum absolute atomic E-state index is 13.1. The SMILES string of the molecule is COC(=O)C1c2ccsc2CCN1C(=O)c1ccc2ccccc2n1. The fourth-order valence-corrected chi connectivity index (χ4v) is 4.14. The number of amides is 1. The molecule has 1 aromatic carbocycles. The molecule has 6 heteroatoms. The van der Waals surface area contributed by atoms with Gasteiger partial charge in [-0.25, -0.2) is 9.78 Å². The van der Waals surface area contributed by atoms with E-state index in [4.69, 9.17) is 4.74 Å². The van der Waals surface area contributed by atoms with Crippen molar-refractivity contribution in [3.05, 3.63) is 64.0 Å². The van der Waals surface area contributed by atoms with Crippen molar-refractivity contribution < 1.29 is 14.3 Å². The quantitative estimate of drug-likeness (QED) is 0.665. The predicted octanol–water partition coefficient (Wildman–Crippen LogP) is 3.21. The van der Waals surface area contributed by atoms with Gasteiger partial charge in [0, 0.05) is 16.8 Å². The van der Waals surface area contributed by atoms with E-state index in [1.54, 1.807) is 22.3 Å². The van der Waals surface area contributed by atoms with Gasteiger partial charge >= 0.3 is 5.97 Å². The number of methoxy groups -OCH3 is 1. The van der Waals surface area contributed by atoms with Crippen LogP contribution in [0.1, 0.15) is 27.0 Å². The first-order valence-corrected chi connectivity index (χ1v) is 8.88. The predicted molar refractivity (Wildman–Crippen MR) is 95.6 cm³/mol. The molecule has 0 aliphatic carbocycles. The van der Waals surface area contributed by atoms with Gasteiger partial charge in [-0.15, -0.1) is 11.3 Å². The first-order chi connectivity index (χ1) is 12.2. The van der Waals surface area contributed by atoms with Gasteiger partial charge in [0.15, 0.2) is 6.04 Å². The van der Waals surface area contributed by atoms with Gasteiger partial charge in [0.1, 0.15) is 5.69 Å². The molecule has 3 heterocycles. The molecule has 3 aromatic rings. The molecule has 1 aliphatic rings. The molecule has 0 radical (unpaired) electrons. The highest BCUT2D eigenvalue weighted by Crippen LogP contribution is 2.34. The van der Waals surface area contributed by atoms with Crippen molar-refractivity contribution in [2.24, 2.45) is 0 Å². The summed E-state index contributed by atoms with van der Waals surface area (Å²) in [6.07, 6.45) is 0.736. The highest BCUT2D eigenvalue weighted by atomic mass is 32.1. The van der Waals surface area contributed by atoms with Crippen molar-refractivity contribution in [3.8, 4) is 0 Å². The molecule has 0 N–H and O–H groups in total. The van der Waals surface area contributed by atoms with E-state index in [1.165, 1.54) is 7.11 Å². The number of carbonyl (C=O) groups is 2. The van der Waals surface area contributed by atoms with E-state index in [-0.39, 0.29) is 5.91 Å². The largest absolute Gasteiger partial charge is 0.467 e. The zero-order valence-corrected chi connectivity index (χ0v) is 14.5. The lowest BCUT2D eigenvalue weighted by Gasteiger charge is -2.33. The van der Waals surface area contributed by atoms with Gasteiger partial charge < -0.3 is 9.64 Å². The molecule has 1 aliphatic heterocycles. The number of aromatic nitrogens is 1. The number of hydrogen-bond acceptors (Lipinski definition) is 5. The number of thiophene rings is 1. The van der Waals surface area contributed by atoms with Gasteiger partial charge in [-0.05, 0) is 35.6 Å². The number of para-hydroxylation sites is 1. The van der Waals surface area contributed by atoms with E-state index < -0.39 is 12.0 Å². The van der Waals surface area contributed by atoms with Gasteiger partial charge in [-0.3, -0.25) is 4.79 Å². The van der Waals surface area contributed by atoms with Gasteiger partial charge in [0.25, 0.3) is 5.91 Å². The number of carbonyl (C=O) groups excluding carboxylic acids is 2. The number of nitrogens with zero attached hydrogens (tertiary/aromatic N) is 2. The van der Waals surface area contributed by atoms with E-state index in [0.29, 0.717) is 12.2 Å². The van der Waals surface area contributed by atoms with Gasteiger partial charge in [0.2, 0.25) is 0 Å². The van der Waals surface area contributed by atoms with Crippen molar-refractivity contribution in [1.82, 2.24) is 9.88 Å². The van der Waals surface area contributed by atoms with E-state index in [9.17, 15) is 9.59 Å². The van der Waals surface area contributed by atoms with Gasteiger partial charge in [0.05, 0.1) is 12.6 Å². The summed E-state index contributed by atoms with van der Waals surface area (Å²) in [5.74, 6) is -0.675. The summed E-state index contributed by atoms with van der Waals surface area (Å²) in [6.45, 7) is 0.473. The average molecular weight is 352 g/mol. The van der Waals surface area contributed by atoms with Crippen LogP contribution < -0.4 is 0 Å². The average Bonchev–Trinajstić information content (AvgIpc) is 3.14. The smallest absolute Gasteiger partial charge is 0.333 e. The summed E-state index contributed by atoms with van der Waals surface area (Å²) in [6, 6.07) is 12.4. The van der Waals surface area contributed by atoms with Crippen LogP contribution in [0.3, 0.4) is 0 Å². The molecule has 0 saturated heterocycles. The summed E-state index contributed by atoms with van der Waals surface area (Å²) in [7, 11) is 1.35. The van der Waals surface area contributed by atoms with Crippen molar-refractivity contribution in [2.45, 2.75) is 12.5 Å². The van der Waals surface area contributed by atoms with Crippen LogP contribution in [-0.4, -0.2) is 35.4 Å². The molecule has 0 saturated carbocycles. The Morgan fingerprint density at radius 2 is 2.04 bits per heavy atom. The number of fused-ring (bicyclic) bond motifs is 2. The standard InChI is InChI=1S/C19H16N2O3S/c1-24-19(23)17-13-9-11-25-16(13)8-10-21(17)18(22)15-7-6-12-4-2-3-5-14(12)20-15/h2-7,9,11,17H,8,10H2,1H3. The van der Waals surface area contributed by atoms with E-state index in [0.717, 1.165) is 27.8 Å². The summed E-state index contributed by atoms with van der Waals surface area (Å²) < 4.78 is 4.95. The summed E-state index contributed by atoms with van der Waals surface area (Å²) in [5, 5.41) is 2.92. The van der Waals surface area contributed by atoms with Gasteiger partial charge in [-0.1, -0.05) is 24.3 Å². The van der Waals surface area contributed by atoms with Crippen LogP contribution in [0.25, 0.3) is 10.9 Å². The van der Waals surface area contributed by atoms with Crippen LogP contribution in [0.15, 0.2) is 47.8 Å². The van der Waals surface area contributed by atoms with Crippen LogP contribution in [0.4, 0.5) is 0 Å². The lowest BCUT2D eigenvalue weighted by atomic mass is 9.99. The number of ether oxygens (including phenoxy) is 1. The molecule has 126 valence electrons. The Hall–Kier alpha value is -2.73. The Morgan fingerprint density at radius 3 is 2.88 bits per heavy atom. The molecular formula is C19H16N2O3S. The Labute approximate surface area is 148 Å². The molecule has 4 rings (SSSR count). The monoisotopic (exact) mass is 352 g/mol. The number of benzene rings is 1. The number of pyridine rings is 1. The maximum atomic E-state index is 13.1. The Kier molecular flexibility index (Phi) is 3.97. The van der Waals surface area contributed by atoms with Gasteiger partial charge in [-0.2, -0.15) is 0 Å². The normalized spacial score (nSPS) is 16.5. The number of esters is 1. The van der Waals surface area contributed by atoms with E-state index in [1.807, 2.05) is 41.8 Å². The Morgan fingerprint density at radius 1 is 1.20 bits per heavy atom. The molecule has 1 atom stereocenters. The zero-order valence-electron chi connectivity index (χ0n) is 13.6. The topological polar surface area (TPSA) is 59.5 Å². The molecule has 0 bridgehead atoms. The lowest BCUT2D eigenvalue weighted by molar-refractivity contribution is -0.146. The summed E-state index contributed by atoms with van der Waals surface area (Å²) in [5.41, 5.74) is 1.96. The maximum Gasteiger partial charge on any atom is 0.333 e. The molecule has 5 nitrogen and oxygen atoms in total. The first-order valence-electron chi connectivity index (χ1n) is 8.00. The minimum Gasteiger partial charge on any atom is -0.467 e. The first kappa shape index (κ1) is 15.8. The molecular weight excluding hydrogens is 336 g/mol. The fraction of sp³-hybridized carbons (Fsp3) is 0.211. The second kappa shape index (κ2) is 6.29. The highest BCUT2D eigenvalue weighted by molar-refractivity contribution is 7.10. The van der Waals surface area contributed by atoms with Crippen LogP contribution in [-0.2, 0) is 16.0 Å². The Bertz CT molecular complexity index is 966. The molecule has 0 fully saturated rings.